The number of fused-ring (bicyclic) bond motifs is 1. The number of amides is 1. The normalized spacial score (nSPS) is 14.1. The van der Waals surface area contributed by atoms with Crippen LogP contribution in [-0.2, 0) is 0 Å². The van der Waals surface area contributed by atoms with E-state index in [-0.39, 0.29) is 11.7 Å². The molecule has 20 heavy (non-hydrogen) atoms. The summed E-state index contributed by atoms with van der Waals surface area (Å²) in [5.74, 6) is -0.191. The third-order valence-electron chi connectivity index (χ3n) is 3.24. The molecule has 1 aromatic carbocycles. The average molecular weight is 287 g/mol. The maximum atomic E-state index is 12.5. The van der Waals surface area contributed by atoms with Crippen molar-refractivity contribution in [3.8, 4) is 0 Å². The number of carbonyl (C=O) groups is 2. The minimum atomic E-state index is -0.221. The summed E-state index contributed by atoms with van der Waals surface area (Å²) in [6, 6.07) is 10.1. The minimum absolute atomic E-state index is 0.0294. The number of nitrogens with zero attached hydrogens (tertiary/aromatic N) is 2. The highest BCUT2D eigenvalue weighted by atomic mass is 35.5. The Morgan fingerprint density at radius 3 is 2.85 bits per heavy atom. The van der Waals surface area contributed by atoms with E-state index in [4.69, 9.17) is 11.6 Å². The van der Waals surface area contributed by atoms with Gasteiger partial charge in [0.05, 0.1) is 5.69 Å². The van der Waals surface area contributed by atoms with Crippen molar-refractivity contribution in [2.45, 2.75) is 6.42 Å². The minimum Gasteiger partial charge on any atom is -0.306 e. The molecule has 0 N–H and O–H groups in total. The maximum absolute atomic E-state index is 12.5. The molecule has 0 radical (unpaired) electrons. The number of aromatic nitrogens is 1. The summed E-state index contributed by atoms with van der Waals surface area (Å²) in [4.78, 5) is 30.0. The lowest BCUT2D eigenvalue weighted by molar-refractivity contribution is 0.0952. The van der Waals surface area contributed by atoms with Crippen molar-refractivity contribution in [1.82, 2.24) is 4.98 Å². The van der Waals surface area contributed by atoms with Crippen LogP contribution in [0.2, 0.25) is 5.02 Å². The van der Waals surface area contributed by atoms with Crippen molar-refractivity contribution in [3.05, 3.63) is 58.9 Å². The Morgan fingerprint density at radius 2 is 2.10 bits per heavy atom. The van der Waals surface area contributed by atoms with Crippen molar-refractivity contribution in [3.63, 3.8) is 0 Å². The van der Waals surface area contributed by atoms with Crippen LogP contribution in [0.4, 0.5) is 5.69 Å². The van der Waals surface area contributed by atoms with Gasteiger partial charge in [-0.05, 0) is 30.3 Å². The number of pyridine rings is 1. The number of halogens is 1. The third-order valence-corrected chi connectivity index (χ3v) is 3.48. The first kappa shape index (κ1) is 12.8. The van der Waals surface area contributed by atoms with E-state index in [9.17, 15) is 9.59 Å². The van der Waals surface area contributed by atoms with Crippen LogP contribution in [0, 0.1) is 0 Å². The monoisotopic (exact) mass is 286 g/mol. The van der Waals surface area contributed by atoms with Crippen LogP contribution in [0.25, 0.3) is 0 Å². The van der Waals surface area contributed by atoms with Gasteiger partial charge >= 0.3 is 0 Å². The molecule has 0 atom stereocenters. The lowest BCUT2D eigenvalue weighted by Gasteiger charge is -2.28. The predicted molar refractivity (Wildman–Crippen MR) is 76.3 cm³/mol. The van der Waals surface area contributed by atoms with Crippen LogP contribution < -0.4 is 4.90 Å². The second-order valence-corrected chi connectivity index (χ2v) is 4.94. The summed E-state index contributed by atoms with van der Waals surface area (Å²) in [6.07, 6.45) is 1.88. The van der Waals surface area contributed by atoms with Crippen LogP contribution in [0.3, 0.4) is 0 Å². The molecular weight excluding hydrogens is 276 g/mol. The first-order valence-electron chi connectivity index (χ1n) is 6.22. The molecule has 0 aliphatic carbocycles. The zero-order chi connectivity index (χ0) is 14.1. The number of carbonyl (C=O) groups excluding carboxylic acids is 2. The van der Waals surface area contributed by atoms with Crippen LogP contribution in [0.1, 0.15) is 27.3 Å². The Labute approximate surface area is 121 Å². The maximum Gasteiger partial charge on any atom is 0.276 e. The molecule has 4 nitrogen and oxygen atoms in total. The van der Waals surface area contributed by atoms with Gasteiger partial charge < -0.3 is 4.90 Å². The molecule has 1 aromatic heterocycles. The Kier molecular flexibility index (Phi) is 3.24. The molecule has 1 aliphatic rings. The van der Waals surface area contributed by atoms with E-state index < -0.39 is 0 Å². The van der Waals surface area contributed by atoms with Gasteiger partial charge in [-0.2, -0.15) is 0 Å². The van der Waals surface area contributed by atoms with E-state index in [2.05, 4.69) is 4.98 Å². The van der Waals surface area contributed by atoms with Crippen molar-refractivity contribution >= 4 is 29.0 Å². The first-order valence-corrected chi connectivity index (χ1v) is 6.60. The number of rotatable bonds is 1. The molecule has 100 valence electrons. The largest absolute Gasteiger partial charge is 0.306 e. The average Bonchev–Trinajstić information content (AvgIpc) is 2.48. The number of hydrogen-bond donors (Lipinski definition) is 0. The molecule has 5 heteroatoms. The second kappa shape index (κ2) is 5.06. The number of ketones is 1. The van der Waals surface area contributed by atoms with E-state index in [1.165, 1.54) is 0 Å². The van der Waals surface area contributed by atoms with E-state index in [1.807, 2.05) is 0 Å². The molecule has 0 saturated heterocycles. The summed E-state index contributed by atoms with van der Waals surface area (Å²) in [5, 5.41) is 0.497. The molecule has 0 spiro atoms. The SMILES string of the molecule is O=C1CCN(C(=O)c2ccccn2)c2cc(Cl)ccc21. The second-order valence-electron chi connectivity index (χ2n) is 4.51. The van der Waals surface area contributed by atoms with Crippen LogP contribution in [0.15, 0.2) is 42.6 Å². The van der Waals surface area contributed by atoms with Gasteiger partial charge in [0.15, 0.2) is 5.78 Å². The Balaban J connectivity index is 2.05. The molecule has 1 amide bonds. The molecule has 0 unspecified atom stereocenters. The molecule has 1 aliphatic heterocycles. The van der Waals surface area contributed by atoms with Crippen molar-refractivity contribution in [1.29, 1.82) is 0 Å². The fourth-order valence-corrected chi connectivity index (χ4v) is 2.44. The number of benzene rings is 1. The van der Waals surface area contributed by atoms with Gasteiger partial charge in [0, 0.05) is 29.7 Å². The predicted octanol–water partition coefficient (Wildman–Crippen LogP) is 2.97. The molecule has 2 aromatic rings. The van der Waals surface area contributed by atoms with Crippen molar-refractivity contribution in [2.24, 2.45) is 0 Å². The number of Topliss-reactive ketones (excluding diaryl/α,β-unsaturated/α-hetero) is 1. The van der Waals surface area contributed by atoms with Gasteiger partial charge in [-0.3, -0.25) is 14.6 Å². The lowest BCUT2D eigenvalue weighted by Crippen LogP contribution is -2.37. The van der Waals surface area contributed by atoms with Gasteiger partial charge in [-0.1, -0.05) is 17.7 Å². The smallest absolute Gasteiger partial charge is 0.276 e. The van der Waals surface area contributed by atoms with Gasteiger partial charge in [0.1, 0.15) is 5.69 Å². The van der Waals surface area contributed by atoms with Gasteiger partial charge in [-0.15, -0.1) is 0 Å². The van der Waals surface area contributed by atoms with Gasteiger partial charge in [0.2, 0.25) is 0 Å². The molecule has 0 bridgehead atoms. The molecule has 2 heterocycles. The summed E-state index contributed by atoms with van der Waals surface area (Å²) >= 11 is 5.98. The first-order chi connectivity index (χ1) is 9.66. The van der Waals surface area contributed by atoms with E-state index in [1.54, 1.807) is 47.5 Å². The molecular formula is C15H11ClN2O2. The lowest BCUT2D eigenvalue weighted by atomic mass is 10.00. The summed E-state index contributed by atoms with van der Waals surface area (Å²) in [7, 11) is 0. The van der Waals surface area contributed by atoms with Crippen LogP contribution >= 0.6 is 11.6 Å². The topological polar surface area (TPSA) is 50.3 Å². The molecule has 0 saturated carbocycles. The standard InChI is InChI=1S/C15H11ClN2O2/c16-10-4-5-11-13(9-10)18(8-6-14(11)19)15(20)12-3-1-2-7-17-12/h1-5,7,9H,6,8H2. The van der Waals surface area contributed by atoms with Crippen molar-refractivity contribution < 1.29 is 9.59 Å². The molecule has 0 fully saturated rings. The fourth-order valence-electron chi connectivity index (χ4n) is 2.27. The number of anilines is 1. The highest BCUT2D eigenvalue weighted by molar-refractivity contribution is 6.31. The fraction of sp³-hybridized carbons (Fsp3) is 0.133. The zero-order valence-electron chi connectivity index (χ0n) is 10.5. The summed E-state index contributed by atoms with van der Waals surface area (Å²) in [5.41, 5.74) is 1.45. The quantitative estimate of drug-likeness (QED) is 0.810. The van der Waals surface area contributed by atoms with E-state index in [0.717, 1.165) is 0 Å². The van der Waals surface area contributed by atoms with E-state index >= 15 is 0 Å². The van der Waals surface area contributed by atoms with Gasteiger partial charge in [0.25, 0.3) is 5.91 Å². The Morgan fingerprint density at radius 1 is 1.25 bits per heavy atom. The Hall–Kier alpha value is -2.20. The van der Waals surface area contributed by atoms with Crippen molar-refractivity contribution in [2.75, 3.05) is 11.4 Å². The van der Waals surface area contributed by atoms with Gasteiger partial charge in [-0.25, -0.2) is 0 Å². The third kappa shape index (κ3) is 2.18. The zero-order valence-corrected chi connectivity index (χ0v) is 11.3. The Bertz CT molecular complexity index is 686. The van der Waals surface area contributed by atoms with E-state index in [0.29, 0.717) is 34.9 Å². The number of hydrogen-bond acceptors (Lipinski definition) is 3. The molecule has 3 rings (SSSR count). The van der Waals surface area contributed by atoms with Crippen LogP contribution in [0.5, 0.6) is 0 Å². The summed E-state index contributed by atoms with van der Waals surface area (Å²) in [6.45, 7) is 0.349. The summed E-state index contributed by atoms with van der Waals surface area (Å²) < 4.78 is 0. The highest BCUT2D eigenvalue weighted by Gasteiger charge is 2.28. The van der Waals surface area contributed by atoms with Crippen LogP contribution in [-0.4, -0.2) is 23.2 Å². The highest BCUT2D eigenvalue weighted by Crippen LogP contribution is 2.30.